The Bertz CT molecular complexity index is 2040. The van der Waals surface area contributed by atoms with Crippen molar-refractivity contribution in [2.75, 3.05) is 4.90 Å². The molecule has 0 aliphatic heterocycles. The molecule has 6 aromatic rings. The number of benzene rings is 4. The number of aromatic nitrogens is 2. The fourth-order valence-electron chi connectivity index (χ4n) is 5.63. The van der Waals surface area contributed by atoms with Gasteiger partial charge in [-0.25, -0.2) is 0 Å². The van der Waals surface area contributed by atoms with E-state index in [1.807, 2.05) is 60.8 Å². The lowest BCUT2D eigenvalue weighted by atomic mass is 9.94. The summed E-state index contributed by atoms with van der Waals surface area (Å²) in [7, 11) is 0. The molecule has 6 rings (SSSR count). The Hall–Kier alpha value is -6.34. The van der Waals surface area contributed by atoms with Gasteiger partial charge in [-0.2, -0.15) is 0 Å². The van der Waals surface area contributed by atoms with Crippen LogP contribution in [0.5, 0.6) is 0 Å². The zero-order valence-electron chi connectivity index (χ0n) is 25.7. The van der Waals surface area contributed by atoms with Crippen LogP contribution in [0.25, 0.3) is 39.0 Å². The molecule has 0 bridgehead atoms. The number of carbonyl (C=O) groups excluding carboxylic acids is 2. The molecular weight excluding hydrogens is 582 g/mol. The molecule has 0 spiro atoms. The Morgan fingerprint density at radius 3 is 1.85 bits per heavy atom. The number of nitrogens with zero attached hydrogens (tertiary/aromatic N) is 3. The highest BCUT2D eigenvalue weighted by atomic mass is 16.1. The summed E-state index contributed by atoms with van der Waals surface area (Å²) in [5, 5.41) is 0. The van der Waals surface area contributed by atoms with Crippen LogP contribution in [-0.2, 0) is 16.0 Å². The molecule has 7 heteroatoms. The number of rotatable bonds is 11. The monoisotopic (exact) mass is 615 g/mol. The standard InChI is InChI=1S/C40H33N5O2/c1-27(40(42)47)32-21-33(23-34(22-32)30-7-5-19-43-25-30)28-11-14-36(15-12-28)45(35-9-3-2-4-10-35)37-16-17-38(31-8-6-20-44-26-31)29(24-37)13-18-39(41)46/h2-12,14-17,19-26H,1,13,18H2,(H2,41,46)(H2,42,47). The quantitative estimate of drug-likeness (QED) is 0.144. The zero-order valence-corrected chi connectivity index (χ0v) is 25.7. The van der Waals surface area contributed by atoms with E-state index in [0.717, 1.165) is 56.0 Å². The van der Waals surface area contributed by atoms with E-state index in [9.17, 15) is 9.59 Å². The van der Waals surface area contributed by atoms with Crippen LogP contribution >= 0.6 is 0 Å². The van der Waals surface area contributed by atoms with E-state index in [1.54, 1.807) is 18.6 Å². The first-order valence-corrected chi connectivity index (χ1v) is 15.2. The molecule has 47 heavy (non-hydrogen) atoms. The van der Waals surface area contributed by atoms with Crippen molar-refractivity contribution in [3.63, 3.8) is 0 Å². The second kappa shape index (κ2) is 13.7. The number of primary amides is 2. The summed E-state index contributed by atoms with van der Waals surface area (Å²) in [6.07, 6.45) is 7.81. The largest absolute Gasteiger partial charge is 0.370 e. The molecule has 2 heterocycles. The molecule has 7 nitrogen and oxygen atoms in total. The smallest absolute Gasteiger partial charge is 0.248 e. The van der Waals surface area contributed by atoms with Gasteiger partial charge in [0.05, 0.1) is 0 Å². The normalized spacial score (nSPS) is 10.7. The van der Waals surface area contributed by atoms with Gasteiger partial charge < -0.3 is 16.4 Å². The van der Waals surface area contributed by atoms with E-state index in [2.05, 4.69) is 82.1 Å². The highest BCUT2D eigenvalue weighted by Crippen LogP contribution is 2.39. The van der Waals surface area contributed by atoms with Crippen LogP contribution in [-0.4, -0.2) is 21.8 Å². The molecule has 0 aliphatic carbocycles. The van der Waals surface area contributed by atoms with E-state index >= 15 is 0 Å². The summed E-state index contributed by atoms with van der Waals surface area (Å²) < 4.78 is 0. The summed E-state index contributed by atoms with van der Waals surface area (Å²) in [4.78, 5) is 34.6. The number of hydrogen-bond donors (Lipinski definition) is 2. The molecule has 4 aromatic carbocycles. The number of para-hydroxylation sites is 1. The SMILES string of the molecule is C=C(C(N)=O)c1cc(-c2ccc(N(c3ccccc3)c3ccc(-c4cccnc4)c(CCC(N)=O)c3)cc2)cc(-c2cccnc2)c1. The average molecular weight is 616 g/mol. The van der Waals surface area contributed by atoms with Crippen LogP contribution in [0.2, 0.25) is 0 Å². The third kappa shape index (κ3) is 7.00. The van der Waals surface area contributed by atoms with Crippen LogP contribution < -0.4 is 16.4 Å². The topological polar surface area (TPSA) is 115 Å². The first-order valence-electron chi connectivity index (χ1n) is 15.2. The Morgan fingerprint density at radius 1 is 0.617 bits per heavy atom. The molecule has 0 fully saturated rings. The Balaban J connectivity index is 1.43. The van der Waals surface area contributed by atoms with Crippen LogP contribution in [0.3, 0.4) is 0 Å². The molecule has 0 saturated heterocycles. The predicted octanol–water partition coefficient (Wildman–Crippen LogP) is 7.86. The van der Waals surface area contributed by atoms with E-state index in [1.165, 1.54) is 0 Å². The maximum absolute atomic E-state index is 12.1. The first kappa shape index (κ1) is 30.7. The first-order chi connectivity index (χ1) is 22.9. The fraction of sp³-hybridized carbons (Fsp3) is 0.0500. The lowest BCUT2D eigenvalue weighted by Crippen LogP contribution is -2.13. The van der Waals surface area contributed by atoms with E-state index in [0.29, 0.717) is 12.0 Å². The minimum Gasteiger partial charge on any atom is -0.370 e. The summed E-state index contributed by atoms with van der Waals surface area (Å²) in [5.74, 6) is -0.920. The van der Waals surface area contributed by atoms with Gasteiger partial charge in [0.15, 0.2) is 0 Å². The summed E-state index contributed by atoms with van der Waals surface area (Å²) in [6, 6.07) is 38.3. The average Bonchev–Trinajstić information content (AvgIpc) is 3.12. The Morgan fingerprint density at radius 2 is 1.23 bits per heavy atom. The molecule has 0 aliphatic rings. The number of amides is 2. The minimum atomic E-state index is -0.571. The van der Waals surface area contributed by atoms with Gasteiger partial charge in [0, 0.05) is 65.0 Å². The molecular formula is C40H33N5O2. The third-order valence-corrected chi connectivity index (χ3v) is 8.01. The van der Waals surface area contributed by atoms with E-state index in [4.69, 9.17) is 11.5 Å². The lowest BCUT2D eigenvalue weighted by molar-refractivity contribution is -0.118. The summed E-state index contributed by atoms with van der Waals surface area (Å²) in [6.45, 7) is 3.93. The maximum atomic E-state index is 12.1. The number of aryl methyl sites for hydroxylation is 1. The van der Waals surface area contributed by atoms with Crippen LogP contribution in [0.4, 0.5) is 17.1 Å². The van der Waals surface area contributed by atoms with Crippen molar-refractivity contribution in [1.29, 1.82) is 0 Å². The molecule has 2 amide bonds. The van der Waals surface area contributed by atoms with E-state index < -0.39 is 5.91 Å². The molecule has 0 radical (unpaired) electrons. The number of anilines is 3. The second-order valence-corrected chi connectivity index (χ2v) is 11.2. The molecule has 4 N–H and O–H groups in total. The van der Waals surface area contributed by atoms with Gasteiger partial charge in [-0.15, -0.1) is 0 Å². The predicted molar refractivity (Wildman–Crippen MR) is 189 cm³/mol. The number of pyridine rings is 2. The van der Waals surface area contributed by atoms with Crippen LogP contribution in [0, 0.1) is 0 Å². The van der Waals surface area contributed by atoms with Crippen molar-refractivity contribution < 1.29 is 9.59 Å². The van der Waals surface area contributed by atoms with Gasteiger partial charge in [0.25, 0.3) is 0 Å². The Kier molecular flexibility index (Phi) is 8.97. The Labute approximate surface area is 273 Å². The van der Waals surface area contributed by atoms with Crippen molar-refractivity contribution in [3.8, 4) is 33.4 Å². The maximum Gasteiger partial charge on any atom is 0.248 e. The van der Waals surface area contributed by atoms with Crippen molar-refractivity contribution in [1.82, 2.24) is 9.97 Å². The summed E-state index contributed by atoms with van der Waals surface area (Å²) >= 11 is 0. The highest BCUT2D eigenvalue weighted by molar-refractivity contribution is 6.18. The minimum absolute atomic E-state index is 0.235. The van der Waals surface area contributed by atoms with Gasteiger partial charge in [-0.1, -0.05) is 55.1 Å². The van der Waals surface area contributed by atoms with E-state index in [-0.39, 0.29) is 17.9 Å². The number of carbonyl (C=O) groups is 2. The van der Waals surface area contributed by atoms with Crippen molar-refractivity contribution in [2.45, 2.75) is 12.8 Å². The van der Waals surface area contributed by atoms with Crippen LogP contribution in [0.1, 0.15) is 17.5 Å². The zero-order chi connectivity index (χ0) is 32.8. The van der Waals surface area contributed by atoms with Gasteiger partial charge in [0.1, 0.15) is 0 Å². The van der Waals surface area contributed by atoms with Crippen molar-refractivity contribution >= 4 is 34.4 Å². The molecule has 230 valence electrons. The summed E-state index contributed by atoms with van der Waals surface area (Å²) in [5.41, 5.74) is 21.6. The van der Waals surface area contributed by atoms with Crippen LogP contribution in [0.15, 0.2) is 147 Å². The molecule has 0 saturated carbocycles. The fourth-order valence-corrected chi connectivity index (χ4v) is 5.63. The lowest BCUT2D eigenvalue weighted by Gasteiger charge is -2.27. The second-order valence-electron chi connectivity index (χ2n) is 11.2. The van der Waals surface area contributed by atoms with Gasteiger partial charge in [-0.3, -0.25) is 19.6 Å². The van der Waals surface area contributed by atoms with Crippen molar-refractivity contribution in [3.05, 3.63) is 158 Å². The molecule has 0 atom stereocenters. The molecule has 0 unspecified atom stereocenters. The number of nitrogens with two attached hydrogens (primary N) is 2. The van der Waals surface area contributed by atoms with Gasteiger partial charge in [-0.05, 0) is 107 Å². The van der Waals surface area contributed by atoms with Gasteiger partial charge in [0.2, 0.25) is 11.8 Å². The van der Waals surface area contributed by atoms with Gasteiger partial charge >= 0.3 is 0 Å². The van der Waals surface area contributed by atoms with Crippen molar-refractivity contribution in [2.24, 2.45) is 11.5 Å². The molecule has 2 aromatic heterocycles. The highest BCUT2D eigenvalue weighted by Gasteiger charge is 2.17. The third-order valence-electron chi connectivity index (χ3n) is 8.01. The number of hydrogen-bond acceptors (Lipinski definition) is 5.